The lowest BCUT2D eigenvalue weighted by molar-refractivity contribution is 0.0642. The molecule has 0 radical (unpaired) electrons. The van der Waals surface area contributed by atoms with Crippen molar-refractivity contribution in [1.29, 1.82) is 0 Å². The van der Waals surface area contributed by atoms with Crippen LogP contribution in [0.15, 0.2) is 60.8 Å². The number of aryl methyl sites for hydroxylation is 1. The Balaban J connectivity index is 1.34. The zero-order chi connectivity index (χ0) is 22.5. The van der Waals surface area contributed by atoms with Gasteiger partial charge in [0.2, 0.25) is 0 Å². The number of nitrogens with zero attached hydrogens (tertiary/aromatic N) is 4. The minimum Gasteiger partial charge on any atom is -0.344 e. The Morgan fingerprint density at radius 2 is 1.78 bits per heavy atom. The standard InChI is InChI=1S/C27H34N4O/c1-21-19-26(22(2)31(21)20-23-9-5-4-6-10-23)27(32)29(3)25-13-17-30(18-14-25)16-12-24-11-7-8-15-28-24/h4-11,15,19,25H,12-14,16-18,20H2,1-3H3. The van der Waals surface area contributed by atoms with Crippen LogP contribution in [0.4, 0.5) is 0 Å². The fourth-order valence-corrected chi connectivity index (χ4v) is 4.73. The van der Waals surface area contributed by atoms with Gasteiger partial charge in [-0.2, -0.15) is 0 Å². The van der Waals surface area contributed by atoms with E-state index in [1.807, 2.05) is 36.3 Å². The van der Waals surface area contributed by atoms with Crippen LogP contribution in [0.3, 0.4) is 0 Å². The average Bonchev–Trinajstić information content (AvgIpc) is 3.12. The predicted octanol–water partition coefficient (Wildman–Crippen LogP) is 4.33. The van der Waals surface area contributed by atoms with E-state index in [9.17, 15) is 4.79 Å². The van der Waals surface area contributed by atoms with E-state index in [0.29, 0.717) is 6.04 Å². The summed E-state index contributed by atoms with van der Waals surface area (Å²) in [4.78, 5) is 22.3. The van der Waals surface area contributed by atoms with Gasteiger partial charge in [0.15, 0.2) is 0 Å². The summed E-state index contributed by atoms with van der Waals surface area (Å²) in [5, 5.41) is 0. The molecule has 0 unspecified atom stereocenters. The Bertz CT molecular complexity index is 1020. The van der Waals surface area contributed by atoms with Gasteiger partial charge in [0.25, 0.3) is 5.91 Å². The molecule has 0 atom stereocenters. The van der Waals surface area contributed by atoms with Gasteiger partial charge in [-0.05, 0) is 50.5 Å². The van der Waals surface area contributed by atoms with Gasteiger partial charge in [-0.15, -0.1) is 0 Å². The molecule has 4 rings (SSSR count). The van der Waals surface area contributed by atoms with Crippen LogP contribution in [0.2, 0.25) is 0 Å². The highest BCUT2D eigenvalue weighted by atomic mass is 16.2. The van der Waals surface area contributed by atoms with Gasteiger partial charge in [0.05, 0.1) is 5.56 Å². The van der Waals surface area contributed by atoms with Crippen molar-refractivity contribution in [2.75, 3.05) is 26.7 Å². The molecule has 1 aromatic carbocycles. The van der Waals surface area contributed by atoms with Crippen LogP contribution in [-0.4, -0.2) is 58.0 Å². The van der Waals surface area contributed by atoms with Gasteiger partial charge in [0, 0.05) is 69.0 Å². The summed E-state index contributed by atoms with van der Waals surface area (Å²) in [6.45, 7) is 8.04. The molecule has 32 heavy (non-hydrogen) atoms. The second-order valence-corrected chi connectivity index (χ2v) is 8.92. The molecule has 5 nitrogen and oxygen atoms in total. The summed E-state index contributed by atoms with van der Waals surface area (Å²) < 4.78 is 2.25. The zero-order valence-electron chi connectivity index (χ0n) is 19.5. The fraction of sp³-hybridized carbons (Fsp3) is 0.407. The summed E-state index contributed by atoms with van der Waals surface area (Å²) in [5.41, 5.74) is 5.41. The number of likely N-dealkylation sites (tertiary alicyclic amines) is 1. The first-order valence-electron chi connectivity index (χ1n) is 11.6. The first kappa shape index (κ1) is 22.3. The first-order chi connectivity index (χ1) is 15.5. The van der Waals surface area contributed by atoms with Crippen LogP contribution in [0.5, 0.6) is 0 Å². The van der Waals surface area contributed by atoms with Crippen molar-refractivity contribution in [2.24, 2.45) is 0 Å². The minimum absolute atomic E-state index is 0.143. The summed E-state index contributed by atoms with van der Waals surface area (Å²) >= 11 is 0. The van der Waals surface area contributed by atoms with Crippen molar-refractivity contribution in [3.63, 3.8) is 0 Å². The van der Waals surface area contributed by atoms with E-state index in [1.165, 1.54) is 5.56 Å². The van der Waals surface area contributed by atoms with Gasteiger partial charge in [0.1, 0.15) is 0 Å². The van der Waals surface area contributed by atoms with E-state index in [-0.39, 0.29) is 5.91 Å². The van der Waals surface area contributed by atoms with Crippen molar-refractivity contribution >= 4 is 5.91 Å². The Morgan fingerprint density at radius 1 is 1.06 bits per heavy atom. The minimum atomic E-state index is 0.143. The van der Waals surface area contributed by atoms with E-state index in [0.717, 1.165) is 68.1 Å². The van der Waals surface area contributed by atoms with Gasteiger partial charge in [-0.25, -0.2) is 0 Å². The average molecular weight is 431 g/mol. The summed E-state index contributed by atoms with van der Waals surface area (Å²) in [5.74, 6) is 0.143. The Kier molecular flexibility index (Phi) is 7.05. The van der Waals surface area contributed by atoms with E-state index in [4.69, 9.17) is 0 Å². The van der Waals surface area contributed by atoms with E-state index in [2.05, 4.69) is 64.7 Å². The highest BCUT2D eigenvalue weighted by Gasteiger charge is 2.27. The van der Waals surface area contributed by atoms with E-state index >= 15 is 0 Å². The van der Waals surface area contributed by atoms with Crippen LogP contribution < -0.4 is 0 Å². The maximum atomic E-state index is 13.4. The maximum absolute atomic E-state index is 13.4. The van der Waals surface area contributed by atoms with Crippen LogP contribution >= 0.6 is 0 Å². The number of aromatic nitrogens is 2. The molecule has 3 aromatic rings. The monoisotopic (exact) mass is 430 g/mol. The molecule has 0 spiro atoms. The smallest absolute Gasteiger partial charge is 0.255 e. The van der Waals surface area contributed by atoms with Crippen molar-refractivity contribution in [3.8, 4) is 0 Å². The zero-order valence-corrected chi connectivity index (χ0v) is 19.5. The van der Waals surface area contributed by atoms with Crippen molar-refractivity contribution in [1.82, 2.24) is 19.4 Å². The van der Waals surface area contributed by atoms with Crippen molar-refractivity contribution in [2.45, 2.75) is 45.7 Å². The first-order valence-corrected chi connectivity index (χ1v) is 11.6. The fourth-order valence-electron chi connectivity index (χ4n) is 4.73. The molecule has 1 aliphatic heterocycles. The number of hydrogen-bond donors (Lipinski definition) is 0. The SMILES string of the molecule is Cc1cc(C(=O)N(C)C2CCN(CCc3ccccn3)CC2)c(C)n1Cc1ccccc1. The third kappa shape index (κ3) is 5.10. The Morgan fingerprint density at radius 3 is 2.47 bits per heavy atom. The highest BCUT2D eigenvalue weighted by Crippen LogP contribution is 2.22. The van der Waals surface area contributed by atoms with Crippen LogP contribution in [-0.2, 0) is 13.0 Å². The quantitative estimate of drug-likeness (QED) is 0.560. The molecule has 0 N–H and O–H groups in total. The second kappa shape index (κ2) is 10.1. The molecule has 1 fully saturated rings. The van der Waals surface area contributed by atoms with Crippen LogP contribution in [0.25, 0.3) is 0 Å². The second-order valence-electron chi connectivity index (χ2n) is 8.92. The number of carbonyl (C=O) groups is 1. The molecule has 3 heterocycles. The third-order valence-electron chi connectivity index (χ3n) is 6.82. The van der Waals surface area contributed by atoms with Gasteiger partial charge in [-0.1, -0.05) is 36.4 Å². The molecule has 2 aromatic heterocycles. The number of amides is 1. The van der Waals surface area contributed by atoms with Gasteiger partial charge >= 0.3 is 0 Å². The normalized spacial score (nSPS) is 15.1. The number of rotatable bonds is 7. The Hall–Kier alpha value is -2.92. The van der Waals surface area contributed by atoms with Crippen molar-refractivity contribution < 1.29 is 4.79 Å². The van der Waals surface area contributed by atoms with Gasteiger partial charge < -0.3 is 14.4 Å². The molecule has 5 heteroatoms. The van der Waals surface area contributed by atoms with Crippen LogP contribution in [0.1, 0.15) is 45.8 Å². The molecule has 0 bridgehead atoms. The number of piperidine rings is 1. The van der Waals surface area contributed by atoms with E-state index in [1.54, 1.807) is 0 Å². The highest BCUT2D eigenvalue weighted by molar-refractivity contribution is 5.95. The molecule has 168 valence electrons. The number of carbonyl (C=O) groups excluding carboxylic acids is 1. The predicted molar refractivity (Wildman–Crippen MR) is 129 cm³/mol. The van der Waals surface area contributed by atoms with Crippen molar-refractivity contribution in [3.05, 3.63) is 89.0 Å². The molecule has 1 aliphatic rings. The summed E-state index contributed by atoms with van der Waals surface area (Å²) in [7, 11) is 1.97. The third-order valence-corrected chi connectivity index (χ3v) is 6.82. The molecule has 1 amide bonds. The lowest BCUT2D eigenvalue weighted by Crippen LogP contribution is -2.46. The Labute approximate surface area is 191 Å². The summed E-state index contributed by atoms with van der Waals surface area (Å²) in [6.07, 6.45) is 4.88. The van der Waals surface area contributed by atoms with E-state index < -0.39 is 0 Å². The topological polar surface area (TPSA) is 41.4 Å². The lowest BCUT2D eigenvalue weighted by atomic mass is 10.0. The van der Waals surface area contributed by atoms with Gasteiger partial charge in [-0.3, -0.25) is 9.78 Å². The molecule has 1 saturated heterocycles. The van der Waals surface area contributed by atoms with Crippen LogP contribution in [0, 0.1) is 13.8 Å². The lowest BCUT2D eigenvalue weighted by Gasteiger charge is -2.36. The number of benzene rings is 1. The molecular formula is C27H34N4O. The molecule has 0 aliphatic carbocycles. The molecule has 0 saturated carbocycles. The number of hydrogen-bond acceptors (Lipinski definition) is 3. The summed E-state index contributed by atoms with van der Waals surface area (Å²) in [6, 6.07) is 18.9. The number of pyridine rings is 1. The largest absolute Gasteiger partial charge is 0.344 e. The molecular weight excluding hydrogens is 396 g/mol. The maximum Gasteiger partial charge on any atom is 0.255 e.